The average Bonchev–Trinajstić information content (AvgIpc) is 2.75. The van der Waals surface area contributed by atoms with E-state index in [4.69, 9.17) is 9.47 Å². The molecule has 1 unspecified atom stereocenters. The van der Waals surface area contributed by atoms with Gasteiger partial charge < -0.3 is 25.2 Å². The summed E-state index contributed by atoms with van der Waals surface area (Å²) in [5.74, 6) is 1.96. The van der Waals surface area contributed by atoms with E-state index in [1.807, 2.05) is 19.1 Å². The lowest BCUT2D eigenvalue weighted by Crippen LogP contribution is -2.39. The SMILES string of the molecule is CCNC(=NCc1ccccc1CC)NCC(O)c1cc(OC)cc(OC)c1.I. The number of methoxy groups -OCH3 is 2. The predicted octanol–water partition coefficient (Wildman–Crippen LogP) is 3.67. The molecule has 0 spiro atoms. The molecule has 1 atom stereocenters. The van der Waals surface area contributed by atoms with E-state index in [1.165, 1.54) is 11.1 Å². The normalized spacial score (nSPS) is 12.0. The van der Waals surface area contributed by atoms with Gasteiger partial charge >= 0.3 is 0 Å². The van der Waals surface area contributed by atoms with Crippen LogP contribution in [0.2, 0.25) is 0 Å². The Balaban J connectivity index is 0.00000420. The summed E-state index contributed by atoms with van der Waals surface area (Å²) in [6, 6.07) is 13.7. The van der Waals surface area contributed by atoms with E-state index < -0.39 is 6.10 Å². The third kappa shape index (κ3) is 7.74. The maximum absolute atomic E-state index is 10.6. The highest BCUT2D eigenvalue weighted by atomic mass is 127. The number of rotatable bonds is 9. The minimum atomic E-state index is -0.726. The standard InChI is InChI=1S/C22H31N3O3.HI/c1-5-16-9-7-8-10-17(16)14-24-22(23-6-2)25-15-21(26)18-11-19(27-3)13-20(12-18)28-4;/h7-13,21,26H,5-6,14-15H2,1-4H3,(H2,23,24,25);1H. The molecule has 0 saturated heterocycles. The molecule has 0 aliphatic heterocycles. The van der Waals surface area contributed by atoms with Crippen molar-refractivity contribution in [2.24, 2.45) is 4.99 Å². The highest BCUT2D eigenvalue weighted by Gasteiger charge is 2.12. The van der Waals surface area contributed by atoms with Crippen molar-refractivity contribution in [3.63, 3.8) is 0 Å². The summed E-state index contributed by atoms with van der Waals surface area (Å²) >= 11 is 0. The topological polar surface area (TPSA) is 75.1 Å². The van der Waals surface area contributed by atoms with Gasteiger partial charge in [-0.05, 0) is 42.2 Å². The van der Waals surface area contributed by atoms with E-state index in [0.29, 0.717) is 30.5 Å². The lowest BCUT2D eigenvalue weighted by molar-refractivity contribution is 0.180. The van der Waals surface area contributed by atoms with Crippen molar-refractivity contribution in [3.8, 4) is 11.5 Å². The molecule has 0 heterocycles. The maximum Gasteiger partial charge on any atom is 0.191 e. The van der Waals surface area contributed by atoms with E-state index in [-0.39, 0.29) is 24.0 Å². The summed E-state index contributed by atoms with van der Waals surface area (Å²) in [5.41, 5.74) is 3.22. The first-order chi connectivity index (χ1) is 13.6. The van der Waals surface area contributed by atoms with Gasteiger partial charge in [0.1, 0.15) is 11.5 Å². The number of aliphatic imine (C=N–C) groups is 1. The number of nitrogens with one attached hydrogen (secondary N) is 2. The third-order valence-corrected chi connectivity index (χ3v) is 4.47. The molecule has 0 saturated carbocycles. The summed E-state index contributed by atoms with van der Waals surface area (Å²) in [5, 5.41) is 17.0. The van der Waals surface area contributed by atoms with Crippen LogP contribution < -0.4 is 20.1 Å². The molecule has 0 amide bonds. The number of nitrogens with zero attached hydrogens (tertiary/aromatic N) is 1. The molecule has 6 nitrogen and oxygen atoms in total. The molecule has 3 N–H and O–H groups in total. The lowest BCUT2D eigenvalue weighted by atomic mass is 10.1. The highest BCUT2D eigenvalue weighted by molar-refractivity contribution is 14.0. The molecule has 0 fully saturated rings. The van der Waals surface area contributed by atoms with E-state index in [2.05, 4.69) is 34.7 Å². The molecule has 0 aromatic heterocycles. The second-order valence-corrected chi connectivity index (χ2v) is 6.36. The molecular formula is C22H32IN3O3. The number of hydrogen-bond acceptors (Lipinski definition) is 4. The summed E-state index contributed by atoms with van der Waals surface area (Å²) in [7, 11) is 3.18. The fraction of sp³-hybridized carbons (Fsp3) is 0.409. The quantitative estimate of drug-likeness (QED) is 0.271. The number of halogens is 1. The number of hydrogen-bond donors (Lipinski definition) is 3. The van der Waals surface area contributed by atoms with Crippen LogP contribution in [0.1, 0.15) is 36.6 Å². The number of aryl methyl sites for hydroxylation is 1. The van der Waals surface area contributed by atoms with Crippen LogP contribution in [0.15, 0.2) is 47.5 Å². The highest BCUT2D eigenvalue weighted by Crippen LogP contribution is 2.26. The van der Waals surface area contributed by atoms with Gasteiger partial charge in [0.2, 0.25) is 0 Å². The molecule has 0 aliphatic rings. The fourth-order valence-corrected chi connectivity index (χ4v) is 2.90. The zero-order chi connectivity index (χ0) is 20.4. The first-order valence-electron chi connectivity index (χ1n) is 9.61. The molecule has 29 heavy (non-hydrogen) atoms. The van der Waals surface area contributed by atoms with Gasteiger partial charge in [-0.1, -0.05) is 31.2 Å². The van der Waals surface area contributed by atoms with Crippen molar-refractivity contribution in [1.29, 1.82) is 0 Å². The number of aliphatic hydroxyl groups excluding tert-OH is 1. The van der Waals surface area contributed by atoms with E-state index >= 15 is 0 Å². The summed E-state index contributed by atoms with van der Waals surface area (Å²) in [4.78, 5) is 4.66. The molecule has 2 aromatic carbocycles. The molecule has 160 valence electrons. The van der Waals surface area contributed by atoms with Crippen LogP contribution in [-0.2, 0) is 13.0 Å². The van der Waals surface area contributed by atoms with Crippen molar-refractivity contribution < 1.29 is 14.6 Å². The van der Waals surface area contributed by atoms with Gasteiger partial charge in [0.05, 0.1) is 26.9 Å². The van der Waals surface area contributed by atoms with E-state index in [9.17, 15) is 5.11 Å². The van der Waals surface area contributed by atoms with E-state index in [0.717, 1.165) is 18.5 Å². The van der Waals surface area contributed by atoms with Crippen molar-refractivity contribution in [1.82, 2.24) is 10.6 Å². The van der Waals surface area contributed by atoms with Gasteiger partial charge in [0.15, 0.2) is 5.96 Å². The Bertz CT molecular complexity index is 761. The van der Waals surface area contributed by atoms with Crippen molar-refractivity contribution >= 4 is 29.9 Å². The maximum atomic E-state index is 10.6. The Kier molecular flexibility index (Phi) is 11.5. The van der Waals surface area contributed by atoms with Crippen molar-refractivity contribution in [2.75, 3.05) is 27.3 Å². The van der Waals surface area contributed by atoms with Gasteiger partial charge in [-0.15, -0.1) is 24.0 Å². The van der Waals surface area contributed by atoms with Crippen LogP contribution in [-0.4, -0.2) is 38.4 Å². The summed E-state index contributed by atoms with van der Waals surface area (Å²) < 4.78 is 10.5. The number of ether oxygens (including phenoxy) is 2. The number of guanidine groups is 1. The molecular weight excluding hydrogens is 481 g/mol. The van der Waals surface area contributed by atoms with Crippen LogP contribution >= 0.6 is 24.0 Å². The lowest BCUT2D eigenvalue weighted by Gasteiger charge is -2.17. The smallest absolute Gasteiger partial charge is 0.191 e. The largest absolute Gasteiger partial charge is 0.497 e. The zero-order valence-corrected chi connectivity index (χ0v) is 19.9. The van der Waals surface area contributed by atoms with Gasteiger partial charge in [0.25, 0.3) is 0 Å². The van der Waals surface area contributed by atoms with Crippen LogP contribution in [0.5, 0.6) is 11.5 Å². The van der Waals surface area contributed by atoms with Crippen molar-refractivity contribution in [2.45, 2.75) is 32.9 Å². The van der Waals surface area contributed by atoms with Gasteiger partial charge in [-0.3, -0.25) is 0 Å². The molecule has 0 radical (unpaired) electrons. The first kappa shape index (κ1) is 25.0. The third-order valence-electron chi connectivity index (χ3n) is 4.47. The Morgan fingerprint density at radius 3 is 2.17 bits per heavy atom. The molecule has 0 aliphatic carbocycles. The van der Waals surface area contributed by atoms with Crippen LogP contribution in [0.25, 0.3) is 0 Å². The van der Waals surface area contributed by atoms with Gasteiger partial charge in [-0.2, -0.15) is 0 Å². The summed E-state index contributed by atoms with van der Waals surface area (Å²) in [6.45, 7) is 5.80. The second-order valence-electron chi connectivity index (χ2n) is 6.36. The number of aliphatic hydroxyl groups is 1. The van der Waals surface area contributed by atoms with Crippen molar-refractivity contribution in [3.05, 3.63) is 59.2 Å². The zero-order valence-electron chi connectivity index (χ0n) is 17.6. The Morgan fingerprint density at radius 2 is 1.62 bits per heavy atom. The molecule has 0 bridgehead atoms. The van der Waals surface area contributed by atoms with Crippen LogP contribution in [0.4, 0.5) is 0 Å². The second kappa shape index (κ2) is 13.3. The van der Waals surface area contributed by atoms with Gasteiger partial charge in [-0.25, -0.2) is 4.99 Å². The molecule has 7 heteroatoms. The molecule has 2 aromatic rings. The Morgan fingerprint density at radius 1 is 1.00 bits per heavy atom. The Labute approximate surface area is 190 Å². The predicted molar refractivity (Wildman–Crippen MR) is 129 cm³/mol. The van der Waals surface area contributed by atoms with E-state index in [1.54, 1.807) is 32.4 Å². The Hall–Kier alpha value is -2.00. The average molecular weight is 513 g/mol. The minimum Gasteiger partial charge on any atom is -0.497 e. The van der Waals surface area contributed by atoms with Crippen LogP contribution in [0, 0.1) is 0 Å². The fourth-order valence-electron chi connectivity index (χ4n) is 2.90. The number of benzene rings is 2. The summed E-state index contributed by atoms with van der Waals surface area (Å²) in [6.07, 6.45) is 0.252. The van der Waals surface area contributed by atoms with Crippen LogP contribution in [0.3, 0.4) is 0 Å². The van der Waals surface area contributed by atoms with Gasteiger partial charge in [0, 0.05) is 19.2 Å². The first-order valence-corrected chi connectivity index (χ1v) is 9.61. The minimum absolute atomic E-state index is 0. The monoisotopic (exact) mass is 513 g/mol. The molecule has 2 rings (SSSR count).